The number of nitrogens with one attached hydrogen (secondary N) is 1. The van der Waals surface area contributed by atoms with Gasteiger partial charge in [0, 0.05) is 18.7 Å². The standard InChI is InChI=1S/C23H28N2O3S/c1-16(22-14-17-11-12-18(22)13-17)24-23(26)19-7-6-10-21(15-19)29(27,28)25(2)20-8-4-3-5-9-20/h3-10,15-18,22H,11-14H2,1-2H3,(H,24,26). The minimum atomic E-state index is -3.75. The van der Waals surface area contributed by atoms with E-state index in [1.807, 2.05) is 6.07 Å². The number of anilines is 1. The van der Waals surface area contributed by atoms with Crippen LogP contribution in [0.1, 0.15) is 43.0 Å². The zero-order valence-electron chi connectivity index (χ0n) is 16.9. The third-order valence-corrected chi connectivity index (χ3v) is 8.45. The molecule has 2 aromatic carbocycles. The van der Waals surface area contributed by atoms with Gasteiger partial charge in [0.05, 0.1) is 10.6 Å². The van der Waals surface area contributed by atoms with Crippen molar-refractivity contribution in [1.29, 1.82) is 0 Å². The lowest BCUT2D eigenvalue weighted by Gasteiger charge is -2.28. The molecule has 0 aromatic heterocycles. The molecule has 5 nitrogen and oxygen atoms in total. The normalized spacial score (nSPS) is 24.3. The average molecular weight is 413 g/mol. The van der Waals surface area contributed by atoms with E-state index in [1.54, 1.807) is 36.4 Å². The van der Waals surface area contributed by atoms with Gasteiger partial charge < -0.3 is 5.32 Å². The molecular weight excluding hydrogens is 384 g/mol. The first kappa shape index (κ1) is 20.0. The van der Waals surface area contributed by atoms with E-state index in [9.17, 15) is 13.2 Å². The Bertz CT molecular complexity index is 990. The number of rotatable bonds is 6. The molecule has 0 radical (unpaired) electrons. The molecule has 2 saturated carbocycles. The van der Waals surface area contributed by atoms with E-state index in [-0.39, 0.29) is 16.8 Å². The number of fused-ring (bicyclic) bond motifs is 2. The molecule has 1 N–H and O–H groups in total. The van der Waals surface area contributed by atoms with Crippen molar-refractivity contribution in [3.8, 4) is 0 Å². The summed E-state index contributed by atoms with van der Waals surface area (Å²) in [5.74, 6) is 1.88. The van der Waals surface area contributed by atoms with E-state index in [4.69, 9.17) is 0 Å². The second-order valence-electron chi connectivity index (χ2n) is 8.44. The third-order valence-electron chi connectivity index (χ3n) is 6.67. The van der Waals surface area contributed by atoms with E-state index in [1.165, 1.54) is 49.2 Å². The Kier molecular flexibility index (Phi) is 5.38. The number of sulfonamides is 1. The first-order valence-corrected chi connectivity index (χ1v) is 11.7. The molecule has 29 heavy (non-hydrogen) atoms. The highest BCUT2D eigenvalue weighted by atomic mass is 32.2. The van der Waals surface area contributed by atoms with Crippen molar-refractivity contribution in [2.45, 2.75) is 43.5 Å². The Labute approximate surface area is 173 Å². The van der Waals surface area contributed by atoms with Gasteiger partial charge in [-0.1, -0.05) is 30.7 Å². The number of hydrogen-bond acceptors (Lipinski definition) is 3. The van der Waals surface area contributed by atoms with Gasteiger partial charge >= 0.3 is 0 Å². The Hall–Kier alpha value is -2.34. The predicted octanol–water partition coefficient (Wildman–Crippen LogP) is 4.07. The van der Waals surface area contributed by atoms with Crippen LogP contribution in [0.3, 0.4) is 0 Å². The highest BCUT2D eigenvalue weighted by Crippen LogP contribution is 2.49. The lowest BCUT2D eigenvalue weighted by molar-refractivity contribution is 0.0915. The van der Waals surface area contributed by atoms with Crippen molar-refractivity contribution in [1.82, 2.24) is 5.32 Å². The Morgan fingerprint density at radius 1 is 1.07 bits per heavy atom. The number of hydrogen-bond donors (Lipinski definition) is 1. The molecule has 2 aliphatic carbocycles. The van der Waals surface area contributed by atoms with Gasteiger partial charge in [0.15, 0.2) is 0 Å². The Morgan fingerprint density at radius 3 is 2.48 bits per heavy atom. The van der Waals surface area contributed by atoms with Gasteiger partial charge in [-0.05, 0) is 74.3 Å². The summed E-state index contributed by atoms with van der Waals surface area (Å²) in [6.45, 7) is 2.08. The van der Waals surface area contributed by atoms with Crippen LogP contribution >= 0.6 is 0 Å². The quantitative estimate of drug-likeness (QED) is 0.778. The number of carbonyl (C=O) groups excluding carboxylic acids is 1. The smallest absolute Gasteiger partial charge is 0.264 e. The molecule has 1 amide bonds. The maximum atomic E-state index is 13.0. The van der Waals surface area contributed by atoms with Crippen LogP contribution in [0.25, 0.3) is 0 Å². The van der Waals surface area contributed by atoms with Crippen molar-refractivity contribution < 1.29 is 13.2 Å². The Balaban J connectivity index is 1.50. The maximum absolute atomic E-state index is 13.0. The maximum Gasteiger partial charge on any atom is 0.264 e. The van der Waals surface area contributed by atoms with E-state index in [0.29, 0.717) is 17.2 Å². The van der Waals surface area contributed by atoms with Gasteiger partial charge in [-0.3, -0.25) is 9.10 Å². The number of nitrogens with zero attached hydrogens (tertiary/aromatic N) is 1. The van der Waals surface area contributed by atoms with E-state index < -0.39 is 10.0 Å². The van der Waals surface area contributed by atoms with Gasteiger partial charge in [0.25, 0.3) is 15.9 Å². The molecule has 0 spiro atoms. The van der Waals surface area contributed by atoms with Crippen molar-refractivity contribution in [2.75, 3.05) is 11.4 Å². The molecule has 4 unspecified atom stereocenters. The van der Waals surface area contributed by atoms with Crippen LogP contribution < -0.4 is 9.62 Å². The number of para-hydroxylation sites is 1. The second-order valence-corrected chi connectivity index (χ2v) is 10.4. The first-order chi connectivity index (χ1) is 13.9. The molecule has 154 valence electrons. The molecule has 0 heterocycles. The largest absolute Gasteiger partial charge is 0.349 e. The van der Waals surface area contributed by atoms with E-state index in [0.717, 1.165) is 11.8 Å². The molecule has 0 saturated heterocycles. The summed E-state index contributed by atoms with van der Waals surface area (Å²) in [7, 11) is -2.22. The zero-order chi connectivity index (χ0) is 20.6. The fourth-order valence-corrected chi connectivity index (χ4v) is 6.28. The number of benzene rings is 2. The lowest BCUT2D eigenvalue weighted by Crippen LogP contribution is -2.40. The fourth-order valence-electron chi connectivity index (χ4n) is 5.04. The number of amides is 1. The van der Waals surface area contributed by atoms with Gasteiger partial charge in [0.2, 0.25) is 0 Å². The molecule has 2 aromatic rings. The summed E-state index contributed by atoms with van der Waals surface area (Å²) in [6.07, 6.45) is 5.10. The van der Waals surface area contributed by atoms with Gasteiger partial charge in [-0.2, -0.15) is 0 Å². The minimum Gasteiger partial charge on any atom is -0.349 e. The average Bonchev–Trinajstić information content (AvgIpc) is 3.37. The SMILES string of the molecule is CC(NC(=O)c1cccc(S(=O)(=O)N(C)c2ccccc2)c1)C1CC2CCC1C2. The van der Waals surface area contributed by atoms with E-state index >= 15 is 0 Å². The summed E-state index contributed by atoms with van der Waals surface area (Å²) >= 11 is 0. The predicted molar refractivity (Wildman–Crippen MR) is 114 cm³/mol. The fraction of sp³-hybridized carbons (Fsp3) is 0.435. The van der Waals surface area contributed by atoms with Crippen LogP contribution in [0.2, 0.25) is 0 Å². The third kappa shape index (κ3) is 3.90. The molecule has 6 heteroatoms. The summed E-state index contributed by atoms with van der Waals surface area (Å²) < 4.78 is 27.3. The van der Waals surface area contributed by atoms with Gasteiger partial charge in [-0.15, -0.1) is 0 Å². The topological polar surface area (TPSA) is 66.5 Å². The summed E-state index contributed by atoms with van der Waals surface area (Å²) in [4.78, 5) is 12.9. The monoisotopic (exact) mass is 412 g/mol. The summed E-state index contributed by atoms with van der Waals surface area (Å²) in [6, 6.07) is 15.3. The zero-order valence-corrected chi connectivity index (χ0v) is 17.7. The molecule has 2 fully saturated rings. The summed E-state index contributed by atoms with van der Waals surface area (Å²) in [5.41, 5.74) is 0.954. The lowest BCUT2D eigenvalue weighted by atomic mass is 9.84. The highest BCUT2D eigenvalue weighted by molar-refractivity contribution is 7.92. The van der Waals surface area contributed by atoms with Gasteiger partial charge in [0.1, 0.15) is 0 Å². The van der Waals surface area contributed by atoms with Crippen molar-refractivity contribution in [3.05, 3.63) is 60.2 Å². The van der Waals surface area contributed by atoms with Crippen molar-refractivity contribution in [3.63, 3.8) is 0 Å². The Morgan fingerprint density at radius 2 is 1.83 bits per heavy atom. The molecule has 2 bridgehead atoms. The molecule has 4 atom stereocenters. The molecular formula is C23H28N2O3S. The summed E-state index contributed by atoms with van der Waals surface area (Å²) in [5, 5.41) is 3.12. The van der Waals surface area contributed by atoms with Crippen LogP contribution in [0.5, 0.6) is 0 Å². The van der Waals surface area contributed by atoms with Gasteiger partial charge in [-0.25, -0.2) is 8.42 Å². The minimum absolute atomic E-state index is 0.102. The van der Waals surface area contributed by atoms with Crippen molar-refractivity contribution >= 4 is 21.6 Å². The molecule has 4 rings (SSSR count). The van der Waals surface area contributed by atoms with Crippen LogP contribution in [0, 0.1) is 17.8 Å². The van der Waals surface area contributed by atoms with Crippen LogP contribution in [0.15, 0.2) is 59.5 Å². The highest BCUT2D eigenvalue weighted by Gasteiger charge is 2.42. The number of carbonyl (C=O) groups is 1. The van der Waals surface area contributed by atoms with Crippen LogP contribution in [-0.2, 0) is 10.0 Å². The van der Waals surface area contributed by atoms with Crippen LogP contribution in [0.4, 0.5) is 5.69 Å². The van der Waals surface area contributed by atoms with Crippen molar-refractivity contribution in [2.24, 2.45) is 17.8 Å². The molecule has 0 aliphatic heterocycles. The second kappa shape index (κ2) is 7.82. The molecule has 2 aliphatic rings. The van der Waals surface area contributed by atoms with Crippen LogP contribution in [-0.4, -0.2) is 27.4 Å². The first-order valence-electron chi connectivity index (χ1n) is 10.3. The van der Waals surface area contributed by atoms with E-state index in [2.05, 4.69) is 12.2 Å².